The fraction of sp³-hybridized carbons (Fsp3) is 0.643. The van der Waals surface area contributed by atoms with Crippen LogP contribution >= 0.6 is 0 Å². The summed E-state index contributed by atoms with van der Waals surface area (Å²) in [6, 6.07) is 0. The van der Waals surface area contributed by atoms with E-state index in [0.29, 0.717) is 18.9 Å². The van der Waals surface area contributed by atoms with Crippen LogP contribution in [0.1, 0.15) is 39.7 Å². The lowest BCUT2D eigenvalue weighted by Crippen LogP contribution is -2.41. The molecule has 0 fully saturated rings. The highest BCUT2D eigenvalue weighted by atomic mass is 16.1. The average Bonchev–Trinajstić information content (AvgIpc) is 2.31. The molecule has 0 aliphatic carbocycles. The molecule has 1 heterocycles. The van der Waals surface area contributed by atoms with Gasteiger partial charge in [-0.3, -0.25) is 4.79 Å². The zero-order valence-corrected chi connectivity index (χ0v) is 13.0. The second kappa shape index (κ2) is 7.07. The Balaban J connectivity index is 2.49. The van der Waals surface area contributed by atoms with Crippen LogP contribution in [-0.2, 0) is 4.79 Å². The third kappa shape index (κ3) is 5.86. The van der Waals surface area contributed by atoms with E-state index in [9.17, 15) is 4.79 Å². The molecule has 0 saturated carbocycles. The first kappa shape index (κ1) is 16.2. The molecule has 1 amide bonds. The smallest absolute Gasteiger partial charge is 0.224 e. The summed E-state index contributed by atoms with van der Waals surface area (Å²) in [5.41, 5.74) is 0.767. The Morgan fingerprint density at radius 2 is 2.00 bits per heavy atom. The predicted octanol–water partition coefficient (Wildman–Crippen LogP) is 1.93. The number of carbonyl (C=O) groups excluding carboxylic acids is 1. The van der Waals surface area contributed by atoms with Crippen LogP contribution in [0.3, 0.4) is 0 Å². The number of anilines is 2. The monoisotopic (exact) mass is 279 g/mol. The summed E-state index contributed by atoms with van der Waals surface area (Å²) in [6.45, 7) is 11.2. The molecular weight excluding hydrogens is 254 g/mol. The summed E-state index contributed by atoms with van der Waals surface area (Å²) < 4.78 is 0. The van der Waals surface area contributed by atoms with Gasteiger partial charge >= 0.3 is 0 Å². The van der Waals surface area contributed by atoms with Crippen LogP contribution in [0.15, 0.2) is 6.20 Å². The number of carbonyl (C=O) groups is 1. The third-order valence-corrected chi connectivity index (χ3v) is 2.47. The van der Waals surface area contributed by atoms with Gasteiger partial charge in [0.05, 0.1) is 0 Å². The fourth-order valence-electron chi connectivity index (χ4n) is 1.64. The van der Waals surface area contributed by atoms with Crippen molar-refractivity contribution in [3.8, 4) is 0 Å². The van der Waals surface area contributed by atoms with Gasteiger partial charge in [-0.15, -0.1) is 0 Å². The van der Waals surface area contributed by atoms with Crippen molar-refractivity contribution in [3.05, 3.63) is 11.8 Å². The van der Waals surface area contributed by atoms with Gasteiger partial charge in [-0.05, 0) is 34.6 Å². The number of aryl methyl sites for hydroxylation is 1. The second-order valence-corrected chi connectivity index (χ2v) is 5.73. The summed E-state index contributed by atoms with van der Waals surface area (Å²) in [6.07, 6.45) is 2.18. The van der Waals surface area contributed by atoms with Gasteiger partial charge in [0.2, 0.25) is 11.9 Å². The van der Waals surface area contributed by atoms with Crippen molar-refractivity contribution in [2.45, 2.75) is 46.6 Å². The van der Waals surface area contributed by atoms with Gasteiger partial charge in [0.15, 0.2) is 0 Å². The summed E-state index contributed by atoms with van der Waals surface area (Å²) in [7, 11) is 0. The van der Waals surface area contributed by atoms with Crippen LogP contribution in [0.4, 0.5) is 11.8 Å². The maximum Gasteiger partial charge on any atom is 0.224 e. The highest BCUT2D eigenvalue weighted by Crippen LogP contribution is 2.12. The maximum absolute atomic E-state index is 11.7. The molecule has 0 unspecified atom stereocenters. The molecule has 0 atom stereocenters. The van der Waals surface area contributed by atoms with Crippen molar-refractivity contribution in [2.75, 3.05) is 23.7 Å². The largest absolute Gasteiger partial charge is 0.369 e. The van der Waals surface area contributed by atoms with Crippen molar-refractivity contribution in [1.29, 1.82) is 0 Å². The van der Waals surface area contributed by atoms with E-state index in [1.54, 1.807) is 6.20 Å². The van der Waals surface area contributed by atoms with Gasteiger partial charge in [-0.25, -0.2) is 4.98 Å². The Kier molecular flexibility index (Phi) is 5.73. The number of nitrogens with one attached hydrogen (secondary N) is 3. The second-order valence-electron chi connectivity index (χ2n) is 5.73. The molecule has 1 aromatic heterocycles. The third-order valence-electron chi connectivity index (χ3n) is 2.47. The Labute approximate surface area is 120 Å². The van der Waals surface area contributed by atoms with E-state index in [1.807, 2.05) is 34.6 Å². The molecule has 0 spiro atoms. The lowest BCUT2D eigenvalue weighted by Gasteiger charge is -2.20. The first-order valence-corrected chi connectivity index (χ1v) is 6.94. The van der Waals surface area contributed by atoms with Gasteiger partial charge in [0, 0.05) is 36.8 Å². The number of hydrogen-bond donors (Lipinski definition) is 3. The maximum atomic E-state index is 11.7. The fourth-order valence-corrected chi connectivity index (χ4v) is 1.64. The van der Waals surface area contributed by atoms with Crippen LogP contribution in [0.25, 0.3) is 0 Å². The number of rotatable bonds is 6. The summed E-state index contributed by atoms with van der Waals surface area (Å²) in [5.74, 6) is 1.39. The van der Waals surface area contributed by atoms with Crippen molar-refractivity contribution in [2.24, 2.45) is 0 Å². The summed E-state index contributed by atoms with van der Waals surface area (Å²) in [4.78, 5) is 20.3. The molecule has 1 aromatic rings. The Morgan fingerprint density at radius 3 is 2.60 bits per heavy atom. The Bertz CT molecular complexity index is 453. The highest BCUT2D eigenvalue weighted by Gasteiger charge is 2.13. The molecule has 0 aliphatic rings. The molecule has 0 aromatic carbocycles. The van der Waals surface area contributed by atoms with Crippen LogP contribution in [0.5, 0.6) is 0 Å². The minimum atomic E-state index is -0.194. The van der Waals surface area contributed by atoms with Crippen LogP contribution in [0.2, 0.25) is 0 Å². The van der Waals surface area contributed by atoms with E-state index in [-0.39, 0.29) is 11.4 Å². The average molecular weight is 279 g/mol. The molecule has 6 heteroatoms. The van der Waals surface area contributed by atoms with Crippen molar-refractivity contribution in [1.82, 2.24) is 15.3 Å². The quantitative estimate of drug-likeness (QED) is 0.741. The minimum Gasteiger partial charge on any atom is -0.369 e. The van der Waals surface area contributed by atoms with Crippen molar-refractivity contribution in [3.63, 3.8) is 0 Å². The predicted molar refractivity (Wildman–Crippen MR) is 81.9 cm³/mol. The van der Waals surface area contributed by atoms with Crippen LogP contribution in [0, 0.1) is 6.92 Å². The topological polar surface area (TPSA) is 78.9 Å². The molecule has 6 nitrogen and oxygen atoms in total. The van der Waals surface area contributed by atoms with E-state index < -0.39 is 0 Å². The Morgan fingerprint density at radius 1 is 1.30 bits per heavy atom. The van der Waals surface area contributed by atoms with E-state index >= 15 is 0 Å². The Hall–Kier alpha value is -1.85. The van der Waals surface area contributed by atoms with Gasteiger partial charge in [-0.1, -0.05) is 0 Å². The molecule has 20 heavy (non-hydrogen) atoms. The SMILES string of the molecule is CCNc1ncc(C)c(NCCC(=O)NC(C)(C)C)n1. The van der Waals surface area contributed by atoms with Gasteiger partial charge in [0.1, 0.15) is 5.82 Å². The van der Waals surface area contributed by atoms with E-state index in [0.717, 1.165) is 17.9 Å². The lowest BCUT2D eigenvalue weighted by molar-refractivity contribution is -0.122. The molecule has 0 bridgehead atoms. The highest BCUT2D eigenvalue weighted by molar-refractivity contribution is 5.77. The van der Waals surface area contributed by atoms with E-state index in [2.05, 4.69) is 25.9 Å². The number of hydrogen-bond acceptors (Lipinski definition) is 5. The normalized spacial score (nSPS) is 11.1. The molecular formula is C14H25N5O. The van der Waals surface area contributed by atoms with Crippen molar-refractivity contribution >= 4 is 17.7 Å². The van der Waals surface area contributed by atoms with E-state index in [4.69, 9.17) is 0 Å². The van der Waals surface area contributed by atoms with Gasteiger partial charge < -0.3 is 16.0 Å². The molecule has 112 valence electrons. The first-order chi connectivity index (χ1) is 9.31. The number of nitrogens with zero attached hydrogens (tertiary/aromatic N) is 2. The molecule has 0 aliphatic heterocycles. The molecule has 1 rings (SSSR count). The zero-order valence-electron chi connectivity index (χ0n) is 13.0. The lowest BCUT2D eigenvalue weighted by atomic mass is 10.1. The van der Waals surface area contributed by atoms with Crippen LogP contribution in [-0.4, -0.2) is 34.5 Å². The number of aromatic nitrogens is 2. The first-order valence-electron chi connectivity index (χ1n) is 6.94. The van der Waals surface area contributed by atoms with Crippen LogP contribution < -0.4 is 16.0 Å². The summed E-state index contributed by atoms with van der Waals surface area (Å²) >= 11 is 0. The molecule has 0 saturated heterocycles. The van der Waals surface area contributed by atoms with Gasteiger partial charge in [-0.2, -0.15) is 4.98 Å². The van der Waals surface area contributed by atoms with E-state index in [1.165, 1.54) is 0 Å². The summed E-state index contributed by atoms with van der Waals surface area (Å²) in [5, 5.41) is 9.17. The van der Waals surface area contributed by atoms with Crippen molar-refractivity contribution < 1.29 is 4.79 Å². The van der Waals surface area contributed by atoms with Gasteiger partial charge in [0.25, 0.3) is 0 Å². The molecule has 3 N–H and O–H groups in total. The number of amides is 1. The molecule has 0 radical (unpaired) electrons. The standard InChI is InChI=1S/C14H25N5O/c1-6-15-13-17-9-10(2)12(18-13)16-8-7-11(20)19-14(3,4)5/h9H,6-8H2,1-5H3,(H,19,20)(H2,15,16,17,18). The zero-order chi connectivity index (χ0) is 15.2. The minimum absolute atomic E-state index is 0.0311.